The van der Waals surface area contributed by atoms with Crippen LogP contribution in [-0.4, -0.2) is 50.9 Å². The number of tetrazole rings is 1. The Morgan fingerprint density at radius 1 is 1.30 bits per heavy atom. The molecule has 2 heterocycles. The molecule has 1 saturated heterocycles. The summed E-state index contributed by atoms with van der Waals surface area (Å²) in [7, 11) is 0. The predicted octanol–water partition coefficient (Wildman–Crippen LogP) is 1.10. The number of hydrogen-bond acceptors (Lipinski definition) is 5. The first-order valence-electron chi connectivity index (χ1n) is 6.49. The molecule has 0 spiro atoms. The molecule has 0 radical (unpaired) electrons. The van der Waals surface area contributed by atoms with E-state index in [0.717, 1.165) is 11.1 Å². The molecule has 2 aromatic rings. The molecule has 0 unspecified atom stereocenters. The summed E-state index contributed by atoms with van der Waals surface area (Å²) in [6, 6.07) is 7.90. The Morgan fingerprint density at radius 2 is 2.15 bits per heavy atom. The highest BCUT2D eigenvalue weighted by Crippen LogP contribution is 2.17. The lowest BCUT2D eigenvalue weighted by atomic mass is 10.1. The first-order chi connectivity index (χ1) is 9.74. The quantitative estimate of drug-likeness (QED) is 0.834. The van der Waals surface area contributed by atoms with E-state index in [2.05, 4.69) is 15.4 Å². The zero-order valence-electron chi connectivity index (χ0n) is 11.2. The van der Waals surface area contributed by atoms with E-state index < -0.39 is 0 Å². The Kier molecular flexibility index (Phi) is 3.32. The molecule has 7 nitrogen and oxygen atoms in total. The molecule has 0 aliphatic carbocycles. The lowest BCUT2D eigenvalue weighted by Crippen LogP contribution is -2.28. The molecule has 1 fully saturated rings. The van der Waals surface area contributed by atoms with Crippen molar-refractivity contribution in [3.8, 4) is 11.4 Å². The molecule has 1 aliphatic rings. The van der Waals surface area contributed by atoms with Gasteiger partial charge >= 0.3 is 6.09 Å². The van der Waals surface area contributed by atoms with Gasteiger partial charge in [-0.2, -0.15) is 4.80 Å². The summed E-state index contributed by atoms with van der Waals surface area (Å²) in [5.74, 6) is 0.604. The number of cyclic esters (lactones) is 1. The van der Waals surface area contributed by atoms with Crippen LogP contribution in [0.5, 0.6) is 0 Å². The van der Waals surface area contributed by atoms with Crippen molar-refractivity contribution in [1.29, 1.82) is 0 Å². The van der Waals surface area contributed by atoms with Crippen LogP contribution in [-0.2, 0) is 11.3 Å². The highest BCUT2D eigenvalue weighted by atomic mass is 16.6. The minimum absolute atomic E-state index is 0.274. The summed E-state index contributed by atoms with van der Waals surface area (Å²) >= 11 is 0. The number of carbonyl (C=O) groups excluding carboxylic acids is 1. The van der Waals surface area contributed by atoms with Gasteiger partial charge in [0.2, 0.25) is 5.82 Å². The minimum atomic E-state index is -0.274. The maximum Gasteiger partial charge on any atom is 0.410 e. The molecule has 20 heavy (non-hydrogen) atoms. The average Bonchev–Trinajstić information content (AvgIpc) is 3.06. The van der Waals surface area contributed by atoms with Gasteiger partial charge in [-0.25, -0.2) is 4.79 Å². The standard InChI is InChI=1S/C13H15N5O2/c1-10-4-2-3-5-11(10)12-14-16-18(15-12)7-6-17-8-9-20-13(17)19/h2-5H,6-9H2,1H3. The highest BCUT2D eigenvalue weighted by molar-refractivity contribution is 5.69. The molecular formula is C13H15N5O2. The van der Waals surface area contributed by atoms with Gasteiger partial charge < -0.3 is 9.64 Å². The Bertz CT molecular complexity index is 625. The molecule has 0 saturated carbocycles. The van der Waals surface area contributed by atoms with Crippen LogP contribution in [0.15, 0.2) is 24.3 Å². The van der Waals surface area contributed by atoms with E-state index in [1.54, 1.807) is 4.90 Å². The third-order valence-electron chi connectivity index (χ3n) is 3.25. The second-order valence-corrected chi connectivity index (χ2v) is 4.63. The van der Waals surface area contributed by atoms with Gasteiger partial charge in [0.1, 0.15) is 6.61 Å². The van der Waals surface area contributed by atoms with Crippen molar-refractivity contribution in [3.63, 3.8) is 0 Å². The van der Waals surface area contributed by atoms with E-state index in [-0.39, 0.29) is 6.09 Å². The van der Waals surface area contributed by atoms with Gasteiger partial charge in [0.25, 0.3) is 0 Å². The van der Waals surface area contributed by atoms with Gasteiger partial charge in [-0.05, 0) is 17.7 Å². The van der Waals surface area contributed by atoms with Crippen LogP contribution in [0.2, 0.25) is 0 Å². The van der Waals surface area contributed by atoms with Crippen molar-refractivity contribution in [3.05, 3.63) is 29.8 Å². The number of aromatic nitrogens is 4. The average molecular weight is 273 g/mol. The predicted molar refractivity (Wildman–Crippen MR) is 70.9 cm³/mol. The molecule has 1 aromatic heterocycles. The zero-order valence-corrected chi connectivity index (χ0v) is 11.2. The Balaban J connectivity index is 1.68. The molecule has 104 valence electrons. The number of rotatable bonds is 4. The van der Waals surface area contributed by atoms with E-state index >= 15 is 0 Å². The number of carbonyl (C=O) groups is 1. The summed E-state index contributed by atoms with van der Waals surface area (Å²) in [4.78, 5) is 14.4. The normalized spacial score (nSPS) is 14.7. The van der Waals surface area contributed by atoms with Gasteiger partial charge in [-0.15, -0.1) is 10.2 Å². The van der Waals surface area contributed by atoms with Crippen LogP contribution in [0.4, 0.5) is 4.79 Å². The van der Waals surface area contributed by atoms with Crippen molar-refractivity contribution in [2.24, 2.45) is 0 Å². The van der Waals surface area contributed by atoms with Gasteiger partial charge in [-0.3, -0.25) is 0 Å². The van der Waals surface area contributed by atoms with Gasteiger partial charge in [0.15, 0.2) is 0 Å². The van der Waals surface area contributed by atoms with Crippen LogP contribution in [0, 0.1) is 6.92 Å². The SMILES string of the molecule is Cc1ccccc1-c1nnn(CCN2CCOC2=O)n1. The first kappa shape index (κ1) is 12.6. The number of amides is 1. The Morgan fingerprint density at radius 3 is 2.90 bits per heavy atom. The fourth-order valence-electron chi connectivity index (χ4n) is 2.11. The highest BCUT2D eigenvalue weighted by Gasteiger charge is 2.21. The molecule has 0 N–H and O–H groups in total. The van der Waals surface area contributed by atoms with Crippen molar-refractivity contribution in [2.45, 2.75) is 13.5 Å². The van der Waals surface area contributed by atoms with E-state index in [9.17, 15) is 4.79 Å². The summed E-state index contributed by atoms with van der Waals surface area (Å²) in [5, 5.41) is 12.4. The molecule has 1 aromatic carbocycles. The maximum absolute atomic E-state index is 11.3. The lowest BCUT2D eigenvalue weighted by Gasteiger charge is -2.10. The number of benzene rings is 1. The molecule has 0 atom stereocenters. The molecule has 0 bridgehead atoms. The van der Waals surface area contributed by atoms with Crippen molar-refractivity contribution >= 4 is 6.09 Å². The van der Waals surface area contributed by atoms with Gasteiger partial charge in [-0.1, -0.05) is 24.3 Å². The van der Waals surface area contributed by atoms with Crippen molar-refractivity contribution < 1.29 is 9.53 Å². The Hall–Kier alpha value is -2.44. The third kappa shape index (κ3) is 2.47. The minimum Gasteiger partial charge on any atom is -0.448 e. The number of hydrogen-bond donors (Lipinski definition) is 0. The van der Waals surface area contributed by atoms with E-state index in [1.165, 1.54) is 4.80 Å². The van der Waals surface area contributed by atoms with Crippen LogP contribution in [0.1, 0.15) is 5.56 Å². The van der Waals surface area contributed by atoms with Crippen molar-refractivity contribution in [1.82, 2.24) is 25.1 Å². The lowest BCUT2D eigenvalue weighted by molar-refractivity contribution is 0.157. The number of nitrogens with zero attached hydrogens (tertiary/aromatic N) is 5. The second kappa shape index (κ2) is 5.28. The fourth-order valence-corrected chi connectivity index (χ4v) is 2.11. The van der Waals surface area contributed by atoms with Crippen LogP contribution in [0.25, 0.3) is 11.4 Å². The second-order valence-electron chi connectivity index (χ2n) is 4.63. The molecule has 1 aliphatic heterocycles. The van der Waals surface area contributed by atoms with E-state index in [4.69, 9.17) is 4.74 Å². The van der Waals surface area contributed by atoms with Crippen molar-refractivity contribution in [2.75, 3.05) is 19.7 Å². The van der Waals surface area contributed by atoms with Gasteiger partial charge in [0.05, 0.1) is 13.1 Å². The third-order valence-corrected chi connectivity index (χ3v) is 3.25. The van der Waals surface area contributed by atoms with E-state index in [0.29, 0.717) is 32.1 Å². The maximum atomic E-state index is 11.3. The Labute approximate surface area is 116 Å². The van der Waals surface area contributed by atoms with Gasteiger partial charge in [0, 0.05) is 12.1 Å². The summed E-state index contributed by atoms with van der Waals surface area (Å²) in [5.41, 5.74) is 2.08. The topological polar surface area (TPSA) is 73.1 Å². The van der Waals surface area contributed by atoms with Crippen LogP contribution in [0.3, 0.4) is 0 Å². The van der Waals surface area contributed by atoms with E-state index in [1.807, 2.05) is 31.2 Å². The van der Waals surface area contributed by atoms with Crippen LogP contribution >= 0.6 is 0 Å². The largest absolute Gasteiger partial charge is 0.448 e. The molecule has 3 rings (SSSR count). The zero-order chi connectivity index (χ0) is 13.9. The molecule has 7 heteroatoms. The summed E-state index contributed by atoms with van der Waals surface area (Å²) in [6.07, 6.45) is -0.274. The monoisotopic (exact) mass is 273 g/mol. The summed E-state index contributed by atoms with van der Waals surface area (Å²) < 4.78 is 4.87. The number of aryl methyl sites for hydroxylation is 1. The molecule has 1 amide bonds. The smallest absolute Gasteiger partial charge is 0.410 e. The molecular weight excluding hydrogens is 258 g/mol. The number of ether oxygens (including phenoxy) is 1. The van der Waals surface area contributed by atoms with Crippen LogP contribution < -0.4 is 0 Å². The summed E-state index contributed by atoms with van der Waals surface area (Å²) in [6.45, 7) is 4.13. The fraction of sp³-hybridized carbons (Fsp3) is 0.385. The first-order valence-corrected chi connectivity index (χ1v) is 6.49.